The first kappa shape index (κ1) is 21.2. The number of hydrogen-bond acceptors (Lipinski definition) is 4. The van der Waals surface area contributed by atoms with Crippen LogP contribution in [0.4, 0.5) is 0 Å². The second-order valence-corrected chi connectivity index (χ2v) is 8.61. The highest BCUT2D eigenvalue weighted by atomic mass is 35.5. The topological polar surface area (TPSA) is 64.6 Å². The molecule has 1 atom stereocenters. The number of ether oxygens (including phenoxy) is 2. The van der Waals surface area contributed by atoms with Crippen LogP contribution in [0, 0.1) is 0 Å². The van der Waals surface area contributed by atoms with Gasteiger partial charge in [0.1, 0.15) is 11.5 Å². The van der Waals surface area contributed by atoms with Gasteiger partial charge in [-0.1, -0.05) is 41.9 Å². The molecule has 0 amide bonds. The molecule has 0 aromatic heterocycles. The molecule has 0 aliphatic rings. The molecule has 0 fully saturated rings. The molecule has 0 spiro atoms. The number of hydrogen-bond donors (Lipinski definition) is 1. The number of benzene rings is 3. The number of nitrogens with one attached hydrogen (secondary N) is 1. The fraction of sp³-hybridized carbons (Fsp3) is 0.182. The molecule has 0 heterocycles. The Labute approximate surface area is 176 Å². The molecule has 152 valence electrons. The maximum atomic E-state index is 13.0. The van der Waals surface area contributed by atoms with Crippen LogP contribution in [0.5, 0.6) is 11.5 Å². The molecule has 3 aromatic carbocycles. The van der Waals surface area contributed by atoms with E-state index in [-0.39, 0.29) is 4.90 Å². The van der Waals surface area contributed by atoms with Crippen LogP contribution in [0.25, 0.3) is 0 Å². The molecular formula is C22H22ClNO4S. The minimum Gasteiger partial charge on any atom is -0.497 e. The van der Waals surface area contributed by atoms with Gasteiger partial charge in [-0.3, -0.25) is 0 Å². The Balaban J connectivity index is 1.92. The lowest BCUT2D eigenvalue weighted by Gasteiger charge is -2.20. The molecule has 1 N–H and O–H groups in total. The van der Waals surface area contributed by atoms with Gasteiger partial charge in [-0.15, -0.1) is 0 Å². The highest BCUT2D eigenvalue weighted by Crippen LogP contribution is 2.25. The molecule has 0 saturated heterocycles. The standard InChI is InChI=1S/C22H22ClNO4S/c1-27-19-10-6-16(7-11-19)14-22(17-8-12-20(28-2)13-9-17)24-29(25,26)21-5-3-4-18(23)15-21/h3-13,15,22,24H,14H2,1-2H3. The van der Waals surface area contributed by atoms with Gasteiger partial charge in [0.2, 0.25) is 10.0 Å². The van der Waals surface area contributed by atoms with Gasteiger partial charge < -0.3 is 9.47 Å². The molecule has 0 saturated carbocycles. The van der Waals surface area contributed by atoms with Gasteiger partial charge in [-0.05, 0) is 60.0 Å². The summed E-state index contributed by atoms with van der Waals surface area (Å²) in [6.45, 7) is 0. The Kier molecular flexibility index (Phi) is 6.79. The number of sulfonamides is 1. The van der Waals surface area contributed by atoms with Crippen molar-refractivity contribution in [3.63, 3.8) is 0 Å². The van der Waals surface area contributed by atoms with E-state index < -0.39 is 16.1 Å². The Morgan fingerprint density at radius 1 is 0.897 bits per heavy atom. The summed E-state index contributed by atoms with van der Waals surface area (Å²) in [4.78, 5) is 0.123. The van der Waals surface area contributed by atoms with Gasteiger partial charge >= 0.3 is 0 Å². The Hall–Kier alpha value is -2.54. The van der Waals surface area contributed by atoms with Crippen molar-refractivity contribution in [1.82, 2.24) is 4.72 Å². The van der Waals surface area contributed by atoms with Gasteiger partial charge in [0.25, 0.3) is 0 Å². The van der Waals surface area contributed by atoms with Crippen LogP contribution < -0.4 is 14.2 Å². The van der Waals surface area contributed by atoms with Gasteiger partial charge in [0.05, 0.1) is 25.2 Å². The van der Waals surface area contributed by atoms with Crippen molar-refractivity contribution in [3.8, 4) is 11.5 Å². The minimum absolute atomic E-state index is 0.123. The van der Waals surface area contributed by atoms with Crippen molar-refractivity contribution in [3.05, 3.63) is 88.9 Å². The lowest BCUT2D eigenvalue weighted by molar-refractivity contribution is 0.414. The van der Waals surface area contributed by atoms with Crippen LogP contribution in [0.2, 0.25) is 5.02 Å². The summed E-state index contributed by atoms with van der Waals surface area (Å²) < 4.78 is 39.1. The summed E-state index contributed by atoms with van der Waals surface area (Å²) in [5.74, 6) is 1.45. The number of halogens is 1. The Morgan fingerprint density at radius 2 is 1.48 bits per heavy atom. The third-order valence-corrected chi connectivity index (χ3v) is 6.23. The molecular weight excluding hydrogens is 410 g/mol. The van der Waals surface area contributed by atoms with Crippen LogP contribution in [0.3, 0.4) is 0 Å². The second kappa shape index (κ2) is 9.31. The first-order valence-electron chi connectivity index (χ1n) is 8.96. The first-order chi connectivity index (χ1) is 13.9. The zero-order chi connectivity index (χ0) is 20.9. The molecule has 0 bridgehead atoms. The SMILES string of the molecule is COc1ccc(CC(NS(=O)(=O)c2cccc(Cl)c2)c2ccc(OC)cc2)cc1. The Bertz CT molecular complexity index is 1050. The molecule has 1 unspecified atom stereocenters. The smallest absolute Gasteiger partial charge is 0.241 e. The maximum absolute atomic E-state index is 13.0. The summed E-state index contributed by atoms with van der Waals surface area (Å²) in [6, 6.07) is 20.6. The van der Waals surface area contributed by atoms with E-state index >= 15 is 0 Å². The predicted octanol–water partition coefficient (Wildman–Crippen LogP) is 4.62. The second-order valence-electron chi connectivity index (χ2n) is 6.46. The van der Waals surface area contributed by atoms with Gasteiger partial charge in [-0.25, -0.2) is 13.1 Å². The van der Waals surface area contributed by atoms with E-state index in [1.807, 2.05) is 48.5 Å². The normalized spacial score (nSPS) is 12.4. The zero-order valence-electron chi connectivity index (χ0n) is 16.1. The molecule has 29 heavy (non-hydrogen) atoms. The zero-order valence-corrected chi connectivity index (χ0v) is 17.7. The van der Waals surface area contributed by atoms with Gasteiger partial charge in [0, 0.05) is 5.02 Å². The summed E-state index contributed by atoms with van der Waals surface area (Å²) in [5, 5.41) is 0.365. The van der Waals surface area contributed by atoms with E-state index in [2.05, 4.69) is 4.72 Å². The minimum atomic E-state index is -3.77. The third kappa shape index (κ3) is 5.50. The lowest BCUT2D eigenvalue weighted by Crippen LogP contribution is -2.30. The van der Waals surface area contributed by atoms with Crippen molar-refractivity contribution in [2.45, 2.75) is 17.4 Å². The summed E-state index contributed by atoms with van der Waals surface area (Å²) >= 11 is 5.98. The molecule has 5 nitrogen and oxygen atoms in total. The van der Waals surface area contributed by atoms with Crippen molar-refractivity contribution in [2.24, 2.45) is 0 Å². The predicted molar refractivity (Wildman–Crippen MR) is 114 cm³/mol. The van der Waals surface area contributed by atoms with Crippen molar-refractivity contribution in [1.29, 1.82) is 0 Å². The van der Waals surface area contributed by atoms with E-state index in [4.69, 9.17) is 21.1 Å². The average Bonchev–Trinajstić information content (AvgIpc) is 2.74. The average molecular weight is 432 g/mol. The maximum Gasteiger partial charge on any atom is 0.241 e. The van der Waals surface area contributed by atoms with E-state index in [9.17, 15) is 8.42 Å². The lowest BCUT2D eigenvalue weighted by atomic mass is 9.99. The van der Waals surface area contributed by atoms with Gasteiger partial charge in [0.15, 0.2) is 0 Å². The van der Waals surface area contributed by atoms with Gasteiger partial charge in [-0.2, -0.15) is 0 Å². The van der Waals surface area contributed by atoms with Crippen molar-refractivity contribution < 1.29 is 17.9 Å². The van der Waals surface area contributed by atoms with E-state index in [1.165, 1.54) is 12.1 Å². The fourth-order valence-electron chi connectivity index (χ4n) is 2.95. The molecule has 7 heteroatoms. The van der Waals surface area contributed by atoms with Crippen LogP contribution in [-0.4, -0.2) is 22.6 Å². The molecule has 0 aliphatic heterocycles. The molecule has 3 aromatic rings. The van der Waals surface area contributed by atoms with E-state index in [0.717, 1.165) is 16.9 Å². The van der Waals surface area contributed by atoms with Crippen LogP contribution in [-0.2, 0) is 16.4 Å². The van der Waals surface area contributed by atoms with E-state index in [0.29, 0.717) is 17.2 Å². The quantitative estimate of drug-likeness (QED) is 0.565. The fourth-order valence-corrected chi connectivity index (χ4v) is 4.48. The molecule has 0 aliphatic carbocycles. The van der Waals surface area contributed by atoms with Crippen LogP contribution >= 0.6 is 11.6 Å². The third-order valence-electron chi connectivity index (χ3n) is 4.52. The number of methoxy groups -OCH3 is 2. The van der Waals surface area contributed by atoms with Crippen molar-refractivity contribution >= 4 is 21.6 Å². The van der Waals surface area contributed by atoms with E-state index in [1.54, 1.807) is 26.4 Å². The first-order valence-corrected chi connectivity index (χ1v) is 10.8. The summed E-state index contributed by atoms with van der Waals surface area (Å²) in [6.07, 6.45) is 0.468. The van der Waals surface area contributed by atoms with Crippen LogP contribution in [0.1, 0.15) is 17.2 Å². The summed E-state index contributed by atoms with van der Waals surface area (Å²) in [5.41, 5.74) is 1.80. The largest absolute Gasteiger partial charge is 0.497 e. The highest BCUT2D eigenvalue weighted by Gasteiger charge is 2.22. The molecule has 0 radical (unpaired) electrons. The molecule has 3 rings (SSSR count). The summed E-state index contributed by atoms with van der Waals surface area (Å²) in [7, 11) is -0.575. The van der Waals surface area contributed by atoms with Crippen LogP contribution in [0.15, 0.2) is 77.7 Å². The monoisotopic (exact) mass is 431 g/mol. The number of rotatable bonds is 8. The Morgan fingerprint density at radius 3 is 2.03 bits per heavy atom. The van der Waals surface area contributed by atoms with Crippen molar-refractivity contribution in [2.75, 3.05) is 14.2 Å². The highest BCUT2D eigenvalue weighted by molar-refractivity contribution is 7.89.